The highest BCUT2D eigenvalue weighted by Crippen LogP contribution is 2.23. The van der Waals surface area contributed by atoms with Crippen LogP contribution in [0, 0.1) is 25.2 Å². The molecular formula is C23H22N4O3S. The van der Waals surface area contributed by atoms with Gasteiger partial charge in [0, 0.05) is 23.6 Å². The van der Waals surface area contributed by atoms with Crippen LogP contribution in [0.15, 0.2) is 71.1 Å². The van der Waals surface area contributed by atoms with Gasteiger partial charge in [0.25, 0.3) is 5.91 Å². The van der Waals surface area contributed by atoms with Gasteiger partial charge in [0.05, 0.1) is 4.90 Å². The Morgan fingerprint density at radius 1 is 1.13 bits per heavy atom. The fraction of sp³-hybridized carbons (Fsp3) is 0.130. The zero-order valence-electron chi connectivity index (χ0n) is 17.2. The quantitative estimate of drug-likeness (QED) is 0.458. The van der Waals surface area contributed by atoms with Crippen LogP contribution in [-0.4, -0.2) is 18.9 Å². The van der Waals surface area contributed by atoms with Gasteiger partial charge in [0.1, 0.15) is 11.6 Å². The van der Waals surface area contributed by atoms with E-state index in [1.165, 1.54) is 12.1 Å². The van der Waals surface area contributed by atoms with E-state index in [0.29, 0.717) is 6.54 Å². The van der Waals surface area contributed by atoms with E-state index in [1.54, 1.807) is 18.2 Å². The van der Waals surface area contributed by atoms with Crippen LogP contribution in [0.4, 0.5) is 0 Å². The molecular weight excluding hydrogens is 412 g/mol. The van der Waals surface area contributed by atoms with E-state index in [9.17, 15) is 18.5 Å². The third kappa shape index (κ3) is 5.09. The predicted octanol–water partition coefficient (Wildman–Crippen LogP) is 2.96. The Morgan fingerprint density at radius 2 is 1.77 bits per heavy atom. The third-order valence-corrected chi connectivity index (χ3v) is 5.78. The average Bonchev–Trinajstić information content (AvgIpc) is 3.03. The molecule has 0 bridgehead atoms. The minimum atomic E-state index is -3.77. The maximum absolute atomic E-state index is 12.5. The van der Waals surface area contributed by atoms with Crippen LogP contribution in [0.25, 0.3) is 11.8 Å². The molecule has 0 aliphatic heterocycles. The van der Waals surface area contributed by atoms with Gasteiger partial charge in [-0.15, -0.1) is 0 Å². The second-order valence-corrected chi connectivity index (χ2v) is 8.60. The van der Waals surface area contributed by atoms with Crippen molar-refractivity contribution in [3.05, 3.63) is 88.8 Å². The molecule has 8 heteroatoms. The Labute approximate surface area is 181 Å². The molecule has 31 heavy (non-hydrogen) atoms. The number of carbonyl (C=O) groups is 1. The Kier molecular flexibility index (Phi) is 6.39. The van der Waals surface area contributed by atoms with Crippen molar-refractivity contribution >= 4 is 22.0 Å². The van der Waals surface area contributed by atoms with E-state index in [1.807, 2.05) is 60.9 Å². The molecule has 1 amide bonds. The monoisotopic (exact) mass is 434 g/mol. The van der Waals surface area contributed by atoms with E-state index in [4.69, 9.17) is 5.14 Å². The van der Waals surface area contributed by atoms with E-state index in [-0.39, 0.29) is 10.5 Å². The summed E-state index contributed by atoms with van der Waals surface area (Å²) in [4.78, 5) is 12.5. The van der Waals surface area contributed by atoms with E-state index < -0.39 is 15.9 Å². The number of nitriles is 1. The number of nitrogens with two attached hydrogens (primary N) is 1. The summed E-state index contributed by atoms with van der Waals surface area (Å²) in [6.45, 7) is 4.08. The predicted molar refractivity (Wildman–Crippen MR) is 118 cm³/mol. The number of aromatic nitrogens is 1. The summed E-state index contributed by atoms with van der Waals surface area (Å²) in [5.41, 5.74) is 4.09. The lowest BCUT2D eigenvalue weighted by Crippen LogP contribution is -2.23. The van der Waals surface area contributed by atoms with Crippen LogP contribution in [-0.2, 0) is 21.4 Å². The SMILES string of the molecule is Cc1cc(/C=C(/C#N)C(=O)NCc2ccccc2)c(C)n1-c1ccc(S(N)(=O)=O)cc1. The molecule has 3 rings (SSSR count). The van der Waals surface area contributed by atoms with Crippen molar-refractivity contribution in [3.63, 3.8) is 0 Å². The standard InChI is InChI=1S/C23H22N4O3S/c1-16-12-19(13-20(14-24)23(28)26-15-18-6-4-3-5-7-18)17(2)27(16)21-8-10-22(11-9-21)31(25,29)30/h3-13H,15H2,1-2H3,(H,26,28)(H2,25,29,30)/b20-13-. The molecule has 158 valence electrons. The van der Waals surface area contributed by atoms with E-state index in [2.05, 4.69) is 5.32 Å². The lowest BCUT2D eigenvalue weighted by atomic mass is 10.1. The zero-order valence-corrected chi connectivity index (χ0v) is 18.0. The van der Waals surface area contributed by atoms with Crippen LogP contribution in [0.2, 0.25) is 0 Å². The maximum atomic E-state index is 12.5. The molecule has 0 saturated carbocycles. The summed E-state index contributed by atoms with van der Waals surface area (Å²) < 4.78 is 24.9. The minimum Gasteiger partial charge on any atom is -0.347 e. The first-order chi connectivity index (χ1) is 14.7. The number of nitrogens with one attached hydrogen (secondary N) is 1. The number of hydrogen-bond donors (Lipinski definition) is 2. The summed E-state index contributed by atoms with van der Waals surface area (Å²) in [7, 11) is -3.77. The van der Waals surface area contributed by atoms with E-state index >= 15 is 0 Å². The minimum absolute atomic E-state index is 0.000698. The Bertz CT molecular complexity index is 1280. The number of amides is 1. The second kappa shape index (κ2) is 9.00. The highest BCUT2D eigenvalue weighted by atomic mass is 32.2. The van der Waals surface area contributed by atoms with Gasteiger partial charge in [-0.2, -0.15) is 5.26 Å². The third-order valence-electron chi connectivity index (χ3n) is 4.85. The highest BCUT2D eigenvalue weighted by Gasteiger charge is 2.14. The fourth-order valence-electron chi connectivity index (χ4n) is 3.29. The van der Waals surface area contributed by atoms with Gasteiger partial charge in [-0.3, -0.25) is 4.79 Å². The van der Waals surface area contributed by atoms with Gasteiger partial charge in [0.2, 0.25) is 10.0 Å². The molecule has 2 aromatic carbocycles. The van der Waals surface area contributed by atoms with Crippen molar-refractivity contribution in [2.75, 3.05) is 0 Å². The molecule has 0 aliphatic carbocycles. The first kappa shape index (κ1) is 22.0. The largest absolute Gasteiger partial charge is 0.347 e. The Hall–Kier alpha value is -3.67. The second-order valence-electron chi connectivity index (χ2n) is 7.04. The zero-order chi connectivity index (χ0) is 22.6. The normalized spacial score (nSPS) is 11.7. The molecule has 0 saturated heterocycles. The van der Waals surface area contributed by atoms with Gasteiger partial charge in [-0.05, 0) is 61.4 Å². The van der Waals surface area contributed by atoms with Crippen LogP contribution >= 0.6 is 0 Å². The Morgan fingerprint density at radius 3 is 2.35 bits per heavy atom. The van der Waals surface area contributed by atoms with Gasteiger partial charge in [0.15, 0.2) is 0 Å². The maximum Gasteiger partial charge on any atom is 0.262 e. The van der Waals surface area contributed by atoms with Gasteiger partial charge >= 0.3 is 0 Å². The van der Waals surface area contributed by atoms with Gasteiger partial charge < -0.3 is 9.88 Å². The molecule has 1 aromatic heterocycles. The fourth-order valence-corrected chi connectivity index (χ4v) is 3.81. The number of benzene rings is 2. The van der Waals surface area contributed by atoms with Gasteiger partial charge in [-0.1, -0.05) is 30.3 Å². The Balaban J connectivity index is 1.86. The van der Waals surface area contributed by atoms with E-state index in [0.717, 1.165) is 28.2 Å². The molecule has 1 heterocycles. The first-order valence-corrected chi connectivity index (χ1v) is 11.0. The lowest BCUT2D eigenvalue weighted by molar-refractivity contribution is -0.117. The van der Waals surface area contributed by atoms with Crippen LogP contribution < -0.4 is 10.5 Å². The molecule has 3 N–H and O–H groups in total. The molecule has 0 fully saturated rings. The van der Waals surface area contributed by atoms with Crippen molar-refractivity contribution < 1.29 is 13.2 Å². The summed E-state index contributed by atoms with van der Waals surface area (Å²) in [6.07, 6.45) is 1.55. The van der Waals surface area contributed by atoms with Crippen molar-refractivity contribution in [1.82, 2.24) is 9.88 Å². The molecule has 0 atom stereocenters. The van der Waals surface area contributed by atoms with Crippen molar-refractivity contribution in [1.29, 1.82) is 5.26 Å². The number of primary sulfonamides is 1. The summed E-state index contributed by atoms with van der Waals surface area (Å²) in [6, 6.07) is 19.5. The number of sulfonamides is 1. The average molecular weight is 435 g/mol. The molecule has 7 nitrogen and oxygen atoms in total. The summed E-state index contributed by atoms with van der Waals surface area (Å²) in [5.74, 6) is -0.450. The number of aryl methyl sites for hydroxylation is 1. The summed E-state index contributed by atoms with van der Waals surface area (Å²) in [5, 5.41) is 17.4. The number of nitrogens with zero attached hydrogens (tertiary/aromatic N) is 2. The van der Waals surface area contributed by atoms with Crippen LogP contribution in [0.5, 0.6) is 0 Å². The highest BCUT2D eigenvalue weighted by molar-refractivity contribution is 7.89. The number of rotatable bonds is 6. The first-order valence-electron chi connectivity index (χ1n) is 9.47. The smallest absolute Gasteiger partial charge is 0.262 e. The van der Waals surface area contributed by atoms with Gasteiger partial charge in [-0.25, -0.2) is 13.6 Å². The van der Waals surface area contributed by atoms with Crippen molar-refractivity contribution in [2.45, 2.75) is 25.3 Å². The number of hydrogen-bond acceptors (Lipinski definition) is 4. The molecule has 0 unspecified atom stereocenters. The van der Waals surface area contributed by atoms with Crippen molar-refractivity contribution in [3.8, 4) is 11.8 Å². The molecule has 0 radical (unpaired) electrons. The van der Waals surface area contributed by atoms with Crippen LogP contribution in [0.1, 0.15) is 22.5 Å². The lowest BCUT2D eigenvalue weighted by Gasteiger charge is -2.10. The topological polar surface area (TPSA) is 118 Å². The van der Waals surface area contributed by atoms with Crippen molar-refractivity contribution in [2.24, 2.45) is 5.14 Å². The number of carbonyl (C=O) groups excluding carboxylic acids is 1. The summed E-state index contributed by atoms with van der Waals surface area (Å²) >= 11 is 0. The molecule has 0 aliphatic rings. The molecule has 0 spiro atoms. The molecule has 3 aromatic rings. The van der Waals surface area contributed by atoms with Crippen LogP contribution in [0.3, 0.4) is 0 Å².